The molecular weight excluding hydrogens is 363 g/mol. The molecule has 6 heteroatoms. The van der Waals surface area contributed by atoms with E-state index in [9.17, 15) is 0 Å². The maximum Gasteiger partial charge on any atom is 0.138 e. The predicted molar refractivity (Wildman–Crippen MR) is 103 cm³/mol. The average molecular weight is 385 g/mol. The minimum atomic E-state index is 0.570. The summed E-state index contributed by atoms with van der Waals surface area (Å²) in [6.45, 7) is 7.20. The topological polar surface area (TPSA) is 15.7 Å². The average Bonchev–Trinajstić information content (AvgIpc) is 3.10. The zero-order valence-corrected chi connectivity index (χ0v) is 15.9. The molecule has 0 radical (unpaired) electrons. The Bertz CT molecular complexity index is 628. The van der Waals surface area contributed by atoms with Crippen LogP contribution in [0.3, 0.4) is 0 Å². The van der Waals surface area contributed by atoms with Crippen molar-refractivity contribution in [3.8, 4) is 5.75 Å². The van der Waals surface area contributed by atoms with Gasteiger partial charge >= 0.3 is 0 Å². The molecule has 1 aliphatic heterocycles. The molecule has 0 aliphatic carbocycles. The second-order valence-corrected chi connectivity index (χ2v) is 7.81. The molecule has 3 nitrogen and oxygen atoms in total. The van der Waals surface area contributed by atoms with Gasteiger partial charge < -0.3 is 9.64 Å². The number of hydrogen-bond donors (Lipinski definition) is 0. The van der Waals surface area contributed by atoms with Crippen LogP contribution < -0.4 is 4.74 Å². The third-order valence-corrected chi connectivity index (χ3v) is 5.75. The van der Waals surface area contributed by atoms with Crippen molar-refractivity contribution in [3.63, 3.8) is 0 Å². The Morgan fingerprint density at radius 1 is 1.00 bits per heavy atom. The summed E-state index contributed by atoms with van der Waals surface area (Å²) in [5.74, 6) is 0.704. The van der Waals surface area contributed by atoms with Crippen LogP contribution in [0.25, 0.3) is 0 Å². The Morgan fingerprint density at radius 3 is 2.42 bits per heavy atom. The van der Waals surface area contributed by atoms with Crippen LogP contribution >= 0.6 is 34.5 Å². The highest BCUT2D eigenvalue weighted by Crippen LogP contribution is 2.27. The summed E-state index contributed by atoms with van der Waals surface area (Å²) in [4.78, 5) is 6.48. The molecule has 1 aliphatic rings. The number of hydrogen-bond acceptors (Lipinski definition) is 4. The van der Waals surface area contributed by atoms with Crippen molar-refractivity contribution in [2.45, 2.75) is 6.42 Å². The molecule has 2 heterocycles. The normalized spacial score (nSPS) is 16.4. The second-order valence-electron chi connectivity index (χ2n) is 5.94. The Kier molecular flexibility index (Phi) is 6.81. The molecular formula is C18H22Cl2N2OS. The SMILES string of the molecule is Clc1ccc(OCCN2CCN(CCc3cccs3)CC2)c(Cl)c1. The number of rotatable bonds is 7. The van der Waals surface area contributed by atoms with Crippen molar-refractivity contribution in [1.29, 1.82) is 0 Å². The lowest BCUT2D eigenvalue weighted by molar-refractivity contribution is 0.118. The molecule has 3 rings (SSSR count). The third-order valence-electron chi connectivity index (χ3n) is 4.28. The zero-order valence-electron chi connectivity index (χ0n) is 13.6. The lowest BCUT2D eigenvalue weighted by Crippen LogP contribution is -2.47. The molecule has 1 fully saturated rings. The Hall–Kier alpha value is -0.780. The fourth-order valence-corrected chi connectivity index (χ4v) is 4.00. The number of piperazine rings is 1. The van der Waals surface area contributed by atoms with Crippen LogP contribution in [0.2, 0.25) is 10.0 Å². The van der Waals surface area contributed by atoms with E-state index in [0.717, 1.165) is 45.7 Å². The van der Waals surface area contributed by atoms with Crippen molar-refractivity contribution >= 4 is 34.5 Å². The van der Waals surface area contributed by atoms with Crippen LogP contribution in [0, 0.1) is 0 Å². The number of nitrogens with zero attached hydrogens (tertiary/aromatic N) is 2. The highest BCUT2D eigenvalue weighted by atomic mass is 35.5. The maximum atomic E-state index is 6.12. The van der Waals surface area contributed by atoms with Gasteiger partial charge in [-0.3, -0.25) is 4.90 Å². The van der Waals surface area contributed by atoms with Crippen molar-refractivity contribution in [2.24, 2.45) is 0 Å². The van der Waals surface area contributed by atoms with Gasteiger partial charge in [0.15, 0.2) is 0 Å². The molecule has 0 atom stereocenters. The van der Waals surface area contributed by atoms with Gasteiger partial charge in [-0.25, -0.2) is 0 Å². The first-order valence-electron chi connectivity index (χ1n) is 8.25. The summed E-state index contributed by atoms with van der Waals surface area (Å²) in [6, 6.07) is 9.69. The predicted octanol–water partition coefficient (Wildman–Crippen LogP) is 4.29. The first-order valence-corrected chi connectivity index (χ1v) is 9.89. The molecule has 0 saturated carbocycles. The molecule has 130 valence electrons. The smallest absolute Gasteiger partial charge is 0.138 e. The van der Waals surface area contributed by atoms with Crippen molar-refractivity contribution in [3.05, 3.63) is 50.6 Å². The van der Waals surface area contributed by atoms with Crippen LogP contribution in [0.4, 0.5) is 0 Å². The molecule has 0 N–H and O–H groups in total. The standard InChI is InChI=1S/C18H22Cl2N2OS/c19-15-3-4-18(17(20)14-15)23-12-11-22-9-7-21(8-10-22)6-5-16-2-1-13-24-16/h1-4,13-14H,5-12H2. The molecule has 24 heavy (non-hydrogen) atoms. The zero-order chi connectivity index (χ0) is 16.8. The van der Waals surface area contributed by atoms with Crippen LogP contribution in [0.1, 0.15) is 4.88 Å². The van der Waals surface area contributed by atoms with Gasteiger partial charge in [0.05, 0.1) is 5.02 Å². The summed E-state index contributed by atoms with van der Waals surface area (Å²) in [6.07, 6.45) is 1.16. The lowest BCUT2D eigenvalue weighted by atomic mass is 10.2. The van der Waals surface area contributed by atoms with Gasteiger partial charge in [-0.05, 0) is 36.1 Å². The van der Waals surface area contributed by atoms with Gasteiger partial charge in [0.25, 0.3) is 0 Å². The minimum Gasteiger partial charge on any atom is -0.491 e. The fraction of sp³-hybridized carbons (Fsp3) is 0.444. The number of benzene rings is 1. The monoisotopic (exact) mass is 384 g/mol. The van der Waals surface area contributed by atoms with Crippen LogP contribution in [0.15, 0.2) is 35.7 Å². The first kappa shape index (κ1) is 18.0. The van der Waals surface area contributed by atoms with E-state index in [1.54, 1.807) is 12.1 Å². The summed E-state index contributed by atoms with van der Waals surface area (Å²) in [5, 5.41) is 3.35. The van der Waals surface area contributed by atoms with E-state index in [-0.39, 0.29) is 0 Å². The Morgan fingerprint density at radius 2 is 1.75 bits per heavy atom. The summed E-state index contributed by atoms with van der Waals surface area (Å²) in [7, 11) is 0. The van der Waals surface area contributed by atoms with Crippen LogP contribution in [0.5, 0.6) is 5.75 Å². The maximum absolute atomic E-state index is 6.12. The minimum absolute atomic E-state index is 0.570. The number of ether oxygens (including phenoxy) is 1. The van der Waals surface area contributed by atoms with E-state index in [1.807, 2.05) is 17.4 Å². The first-order chi connectivity index (χ1) is 11.7. The number of thiophene rings is 1. The second kappa shape index (κ2) is 9.07. The van der Waals surface area contributed by atoms with Gasteiger partial charge in [0, 0.05) is 49.2 Å². The summed E-state index contributed by atoms with van der Waals surface area (Å²) >= 11 is 13.9. The van der Waals surface area contributed by atoms with E-state index >= 15 is 0 Å². The molecule has 0 amide bonds. The van der Waals surface area contributed by atoms with Gasteiger partial charge in [-0.15, -0.1) is 11.3 Å². The molecule has 1 aromatic heterocycles. The molecule has 1 saturated heterocycles. The van der Waals surface area contributed by atoms with Crippen molar-refractivity contribution < 1.29 is 4.74 Å². The quantitative estimate of drug-likeness (QED) is 0.707. The Balaban J connectivity index is 1.33. The molecule has 0 unspecified atom stereocenters. The van der Waals surface area contributed by atoms with Crippen LogP contribution in [-0.4, -0.2) is 55.7 Å². The van der Waals surface area contributed by atoms with E-state index in [4.69, 9.17) is 27.9 Å². The van der Waals surface area contributed by atoms with Crippen LogP contribution in [-0.2, 0) is 6.42 Å². The molecule has 0 bridgehead atoms. The number of halogens is 2. The molecule has 2 aromatic rings. The molecule has 0 spiro atoms. The summed E-state index contributed by atoms with van der Waals surface area (Å²) in [5.41, 5.74) is 0. The third kappa shape index (κ3) is 5.36. The largest absolute Gasteiger partial charge is 0.491 e. The van der Waals surface area contributed by atoms with E-state index in [0.29, 0.717) is 22.4 Å². The summed E-state index contributed by atoms with van der Waals surface area (Å²) < 4.78 is 5.77. The fourth-order valence-electron chi connectivity index (χ4n) is 2.84. The van der Waals surface area contributed by atoms with Gasteiger partial charge in [-0.1, -0.05) is 29.3 Å². The van der Waals surface area contributed by atoms with Crippen molar-refractivity contribution in [1.82, 2.24) is 9.80 Å². The highest BCUT2D eigenvalue weighted by molar-refractivity contribution is 7.09. The van der Waals surface area contributed by atoms with E-state index < -0.39 is 0 Å². The lowest BCUT2D eigenvalue weighted by Gasteiger charge is -2.34. The molecule has 1 aromatic carbocycles. The van der Waals surface area contributed by atoms with Gasteiger partial charge in [0.1, 0.15) is 12.4 Å². The van der Waals surface area contributed by atoms with Gasteiger partial charge in [0.2, 0.25) is 0 Å². The van der Waals surface area contributed by atoms with E-state index in [1.165, 1.54) is 4.88 Å². The van der Waals surface area contributed by atoms with E-state index in [2.05, 4.69) is 27.3 Å². The van der Waals surface area contributed by atoms with Crippen molar-refractivity contribution in [2.75, 3.05) is 45.9 Å². The Labute approximate surface area is 157 Å². The van der Waals surface area contributed by atoms with Gasteiger partial charge in [-0.2, -0.15) is 0 Å². The highest BCUT2D eigenvalue weighted by Gasteiger charge is 2.16.